The highest BCUT2D eigenvalue weighted by molar-refractivity contribution is 7.25. The SMILES string of the molecule is C=C(C)C(=O)C(CCC)OC(OCCCC)(P=O)C(OCCCC)(OC(CCC)C(=O)C(=C)C)C(OCCCC)OCCCC. The topological polar surface area (TPSA) is 107 Å². The Balaban J connectivity index is 7.88. The summed E-state index contributed by atoms with van der Waals surface area (Å²) < 4.78 is 53.1. The zero-order chi connectivity index (χ0) is 34.3. The monoisotopic (exact) mass is 658 g/mol. The molecule has 0 aliphatic heterocycles. The standard InChI is InChI=1S/C35H63O9P/c1-11-17-23-39-33(40-24-18-12-2)34(41-25-19-13-3,43-29(21-15-5)31(36)27(7)8)35(45-38,42-26-20-14-4)44-30(22-16-6)32(37)28(9)10/h29-30,33H,7,9,11-26H2,1-6,8,10H3. The van der Waals surface area contributed by atoms with Gasteiger partial charge in [-0.05, 0) is 63.5 Å². The van der Waals surface area contributed by atoms with E-state index in [1.165, 1.54) is 0 Å². The zero-order valence-electron chi connectivity index (χ0n) is 29.6. The van der Waals surface area contributed by atoms with Crippen LogP contribution in [0.1, 0.15) is 132 Å². The Morgan fingerprint density at radius 2 is 1.02 bits per heavy atom. The van der Waals surface area contributed by atoms with Gasteiger partial charge < -0.3 is 28.4 Å². The number of ether oxygens (including phenoxy) is 6. The second kappa shape index (κ2) is 24.8. The van der Waals surface area contributed by atoms with Gasteiger partial charge in [0.2, 0.25) is 14.8 Å². The van der Waals surface area contributed by atoms with E-state index in [9.17, 15) is 14.2 Å². The average Bonchev–Trinajstić information content (AvgIpc) is 3.01. The molecule has 0 aromatic rings. The lowest BCUT2D eigenvalue weighted by atomic mass is 10.0. The molecule has 262 valence electrons. The van der Waals surface area contributed by atoms with Crippen LogP contribution in [0, 0.1) is 0 Å². The molecule has 0 spiro atoms. The van der Waals surface area contributed by atoms with Crippen LogP contribution >= 0.6 is 8.46 Å². The van der Waals surface area contributed by atoms with Gasteiger partial charge in [0, 0.05) is 13.2 Å². The molecule has 0 N–H and O–H groups in total. The normalized spacial score (nSPS) is 15.8. The fourth-order valence-corrected chi connectivity index (χ4v) is 5.09. The van der Waals surface area contributed by atoms with Crippen LogP contribution in [-0.2, 0) is 42.6 Å². The van der Waals surface area contributed by atoms with Crippen molar-refractivity contribution < 1.29 is 42.6 Å². The number of carbonyl (C=O) groups is 2. The first-order chi connectivity index (χ1) is 21.5. The summed E-state index contributed by atoms with van der Waals surface area (Å²) in [6.07, 6.45) is 4.18. The van der Waals surface area contributed by atoms with Gasteiger partial charge in [-0.3, -0.25) is 14.2 Å². The first-order valence-corrected chi connectivity index (χ1v) is 17.9. The van der Waals surface area contributed by atoms with E-state index in [0.29, 0.717) is 56.9 Å². The van der Waals surface area contributed by atoms with E-state index < -0.39 is 38.3 Å². The second-order valence-electron chi connectivity index (χ2n) is 11.6. The van der Waals surface area contributed by atoms with Crippen LogP contribution in [0.5, 0.6) is 0 Å². The molecule has 0 rings (SSSR count). The maximum absolute atomic E-state index is 13.8. The molecule has 0 radical (unpaired) electrons. The van der Waals surface area contributed by atoms with Gasteiger partial charge >= 0.3 is 5.53 Å². The van der Waals surface area contributed by atoms with Crippen molar-refractivity contribution in [2.45, 2.75) is 162 Å². The van der Waals surface area contributed by atoms with Gasteiger partial charge in [-0.1, -0.05) is 93.2 Å². The molecule has 0 fully saturated rings. The van der Waals surface area contributed by atoms with Crippen molar-refractivity contribution in [1.29, 1.82) is 0 Å². The van der Waals surface area contributed by atoms with Gasteiger partial charge in [0.05, 0.1) is 13.2 Å². The minimum absolute atomic E-state index is 0.109. The minimum Gasteiger partial charge on any atom is -0.348 e. The molecule has 4 unspecified atom stereocenters. The highest BCUT2D eigenvalue weighted by atomic mass is 31.1. The number of ketones is 2. The van der Waals surface area contributed by atoms with Gasteiger partial charge in [0.1, 0.15) is 12.2 Å². The fraction of sp³-hybridized carbons (Fsp3) is 0.829. The molecule has 45 heavy (non-hydrogen) atoms. The van der Waals surface area contributed by atoms with Crippen LogP contribution in [0.15, 0.2) is 24.3 Å². The fourth-order valence-electron chi connectivity index (χ4n) is 4.43. The van der Waals surface area contributed by atoms with Crippen LogP contribution in [0.25, 0.3) is 0 Å². The summed E-state index contributed by atoms with van der Waals surface area (Å²) in [5.41, 5.74) is -1.68. The van der Waals surface area contributed by atoms with E-state index >= 15 is 0 Å². The number of carbonyl (C=O) groups excluding carboxylic acids is 2. The first-order valence-electron chi connectivity index (χ1n) is 17.1. The lowest BCUT2D eigenvalue weighted by Crippen LogP contribution is -2.68. The van der Waals surface area contributed by atoms with Gasteiger partial charge in [-0.2, -0.15) is 0 Å². The summed E-state index contributed by atoms with van der Waals surface area (Å²) in [5, 5.41) is 0. The highest BCUT2D eigenvalue weighted by Crippen LogP contribution is 2.48. The maximum atomic E-state index is 13.8. The predicted molar refractivity (Wildman–Crippen MR) is 180 cm³/mol. The van der Waals surface area contributed by atoms with E-state index in [1.807, 2.05) is 41.5 Å². The third-order valence-electron chi connectivity index (χ3n) is 7.16. The van der Waals surface area contributed by atoms with Crippen LogP contribution in [0.3, 0.4) is 0 Å². The van der Waals surface area contributed by atoms with Crippen molar-refractivity contribution in [3.05, 3.63) is 24.3 Å². The summed E-state index contributed by atoms with van der Waals surface area (Å²) in [7, 11) is -0.683. The smallest absolute Gasteiger partial charge is 0.313 e. The van der Waals surface area contributed by atoms with Crippen molar-refractivity contribution in [3.8, 4) is 0 Å². The molecule has 9 nitrogen and oxygen atoms in total. The van der Waals surface area contributed by atoms with E-state index in [1.54, 1.807) is 13.8 Å². The zero-order valence-corrected chi connectivity index (χ0v) is 30.5. The Labute approximate surface area is 275 Å². The minimum atomic E-state index is -2.26. The van der Waals surface area contributed by atoms with E-state index in [2.05, 4.69) is 13.2 Å². The molecule has 10 heteroatoms. The van der Waals surface area contributed by atoms with E-state index in [-0.39, 0.29) is 43.6 Å². The molecule has 0 saturated carbocycles. The molecule has 0 aromatic carbocycles. The molecule has 0 saturated heterocycles. The number of hydrogen-bond acceptors (Lipinski definition) is 9. The quantitative estimate of drug-likeness (QED) is 0.0312. The number of unbranched alkanes of at least 4 members (excludes halogenated alkanes) is 4. The van der Waals surface area contributed by atoms with Gasteiger partial charge in [-0.25, -0.2) is 0 Å². The van der Waals surface area contributed by atoms with Crippen LogP contribution in [0.2, 0.25) is 0 Å². The van der Waals surface area contributed by atoms with Gasteiger partial charge in [0.15, 0.2) is 11.6 Å². The van der Waals surface area contributed by atoms with Crippen molar-refractivity contribution >= 4 is 20.0 Å². The molecular formula is C35H63O9P. The van der Waals surface area contributed by atoms with E-state index in [4.69, 9.17) is 28.4 Å². The Morgan fingerprint density at radius 3 is 1.40 bits per heavy atom. The molecule has 4 atom stereocenters. The molecule has 0 bridgehead atoms. The van der Waals surface area contributed by atoms with Gasteiger partial charge in [0.25, 0.3) is 5.79 Å². The lowest BCUT2D eigenvalue weighted by molar-refractivity contribution is -0.445. The molecule has 0 aliphatic carbocycles. The molecule has 0 aliphatic rings. The van der Waals surface area contributed by atoms with Crippen molar-refractivity contribution in [2.24, 2.45) is 0 Å². The molecule has 0 amide bonds. The number of rotatable bonds is 31. The third-order valence-corrected chi connectivity index (χ3v) is 7.95. The summed E-state index contributed by atoms with van der Waals surface area (Å²) in [4.78, 5) is 27.1. The second-order valence-corrected chi connectivity index (χ2v) is 12.4. The predicted octanol–water partition coefficient (Wildman–Crippen LogP) is 8.88. The summed E-state index contributed by atoms with van der Waals surface area (Å²) in [5.74, 6) is -2.88. The number of Topliss-reactive ketones (excluding diaryl/α,β-unsaturated/α-hetero) is 2. The van der Waals surface area contributed by atoms with Crippen molar-refractivity contribution in [2.75, 3.05) is 26.4 Å². The first kappa shape index (κ1) is 43.7. The van der Waals surface area contributed by atoms with Crippen LogP contribution in [0.4, 0.5) is 0 Å². The van der Waals surface area contributed by atoms with Crippen LogP contribution < -0.4 is 0 Å². The maximum Gasteiger partial charge on any atom is 0.313 e. The largest absolute Gasteiger partial charge is 0.348 e. The Kier molecular flexibility index (Phi) is 24.1. The van der Waals surface area contributed by atoms with Crippen molar-refractivity contribution in [3.63, 3.8) is 0 Å². The summed E-state index contributed by atoms with van der Waals surface area (Å²) >= 11 is 0. The molecule has 0 aromatic heterocycles. The lowest BCUT2D eigenvalue weighted by Gasteiger charge is -2.49. The summed E-state index contributed by atoms with van der Waals surface area (Å²) in [6.45, 7) is 23.7. The number of hydrogen-bond donors (Lipinski definition) is 0. The Hall–Kier alpha value is -1.32. The average molecular weight is 659 g/mol. The molecule has 0 heterocycles. The van der Waals surface area contributed by atoms with Gasteiger partial charge in [-0.15, -0.1) is 0 Å². The van der Waals surface area contributed by atoms with Crippen molar-refractivity contribution in [1.82, 2.24) is 0 Å². The van der Waals surface area contributed by atoms with Crippen LogP contribution in [-0.4, -0.2) is 67.8 Å². The summed E-state index contributed by atoms with van der Waals surface area (Å²) in [6, 6.07) is 0. The Morgan fingerprint density at radius 1 is 0.622 bits per heavy atom. The highest BCUT2D eigenvalue weighted by Gasteiger charge is 2.67. The Bertz CT molecular complexity index is 869. The third kappa shape index (κ3) is 14.1. The molecular weight excluding hydrogens is 595 g/mol. The van der Waals surface area contributed by atoms with E-state index in [0.717, 1.165) is 25.7 Å².